The van der Waals surface area contributed by atoms with Crippen LogP contribution in [0.5, 0.6) is 5.75 Å². The van der Waals surface area contributed by atoms with Gasteiger partial charge < -0.3 is 15.2 Å². The average molecular weight is 536 g/mol. The minimum atomic E-state index is -1.08. The highest BCUT2D eigenvalue weighted by Gasteiger charge is 2.19. The van der Waals surface area contributed by atoms with Gasteiger partial charge in [-0.1, -0.05) is 91.3 Å². The Bertz CT molecular complexity index is 1180. The van der Waals surface area contributed by atoms with E-state index in [1.165, 1.54) is 11.6 Å². The van der Waals surface area contributed by atoms with E-state index in [1.807, 2.05) is 48.5 Å². The van der Waals surface area contributed by atoms with Gasteiger partial charge in [0, 0.05) is 22.5 Å². The summed E-state index contributed by atoms with van der Waals surface area (Å²) in [6.45, 7) is 6.91. The van der Waals surface area contributed by atoms with Crippen LogP contribution in [0.4, 0.5) is 0 Å². The number of hydrogen-bond acceptors (Lipinski definition) is 3. The molecule has 0 radical (unpaired) electrons. The van der Waals surface area contributed by atoms with Crippen molar-refractivity contribution in [1.29, 1.82) is 0 Å². The molecule has 6 heteroatoms. The monoisotopic (exact) mass is 535 g/mol. The molecule has 0 fully saturated rings. The van der Waals surface area contributed by atoms with Crippen LogP contribution in [0.2, 0.25) is 0 Å². The SMILES string of the molecule is CC(C)(C)c1ccc(COc2ccc(Br)cc2/C=C/C(=O)N[C@@H](Cc2ccccc2)C(=O)O)cc1. The molecule has 0 heterocycles. The summed E-state index contributed by atoms with van der Waals surface area (Å²) in [5.74, 6) is -0.951. The second-order valence-corrected chi connectivity index (χ2v) is 10.3. The summed E-state index contributed by atoms with van der Waals surface area (Å²) in [5, 5.41) is 12.1. The Morgan fingerprint density at radius 2 is 1.69 bits per heavy atom. The van der Waals surface area contributed by atoms with E-state index in [-0.39, 0.29) is 11.8 Å². The van der Waals surface area contributed by atoms with Crippen molar-refractivity contribution in [3.05, 3.63) is 106 Å². The molecule has 0 spiro atoms. The summed E-state index contributed by atoms with van der Waals surface area (Å²) in [7, 11) is 0. The van der Waals surface area contributed by atoms with Gasteiger partial charge >= 0.3 is 5.97 Å². The first-order chi connectivity index (χ1) is 16.6. The number of carbonyl (C=O) groups excluding carboxylic acids is 1. The number of aliphatic carboxylic acids is 1. The molecule has 0 aliphatic heterocycles. The van der Waals surface area contributed by atoms with Crippen LogP contribution in [0.25, 0.3) is 6.08 Å². The lowest BCUT2D eigenvalue weighted by atomic mass is 9.87. The second-order valence-electron chi connectivity index (χ2n) is 9.34. The van der Waals surface area contributed by atoms with Gasteiger partial charge in [-0.2, -0.15) is 0 Å². The summed E-state index contributed by atoms with van der Waals surface area (Å²) in [6, 6.07) is 22.1. The molecule has 0 saturated heterocycles. The van der Waals surface area contributed by atoms with Gasteiger partial charge in [-0.25, -0.2) is 4.79 Å². The van der Waals surface area contributed by atoms with Gasteiger partial charge in [0.25, 0.3) is 0 Å². The number of carbonyl (C=O) groups is 2. The Morgan fingerprint density at radius 1 is 1.00 bits per heavy atom. The largest absolute Gasteiger partial charge is 0.488 e. The van der Waals surface area contributed by atoms with E-state index in [1.54, 1.807) is 6.08 Å². The van der Waals surface area contributed by atoms with Crippen LogP contribution < -0.4 is 10.1 Å². The van der Waals surface area contributed by atoms with Crippen LogP contribution in [0.15, 0.2) is 83.3 Å². The molecule has 3 aromatic rings. The van der Waals surface area contributed by atoms with E-state index in [0.29, 0.717) is 17.9 Å². The third-order valence-corrected chi connectivity index (χ3v) is 5.99. The first-order valence-corrected chi connectivity index (χ1v) is 12.2. The van der Waals surface area contributed by atoms with Gasteiger partial charge in [-0.3, -0.25) is 4.79 Å². The maximum atomic E-state index is 12.5. The molecule has 0 unspecified atom stereocenters. The Balaban J connectivity index is 1.67. The summed E-state index contributed by atoms with van der Waals surface area (Å²) in [4.78, 5) is 24.1. The van der Waals surface area contributed by atoms with E-state index in [0.717, 1.165) is 15.6 Å². The Labute approximate surface area is 215 Å². The van der Waals surface area contributed by atoms with Gasteiger partial charge in [0.15, 0.2) is 0 Å². The number of benzene rings is 3. The molecule has 1 atom stereocenters. The zero-order valence-corrected chi connectivity index (χ0v) is 21.7. The van der Waals surface area contributed by atoms with Crippen molar-refractivity contribution < 1.29 is 19.4 Å². The molecule has 182 valence electrons. The number of rotatable bonds is 9. The molecule has 0 bridgehead atoms. The van der Waals surface area contributed by atoms with Gasteiger partial charge in [0.05, 0.1) is 0 Å². The average Bonchev–Trinajstić information content (AvgIpc) is 2.82. The maximum Gasteiger partial charge on any atom is 0.326 e. The van der Waals surface area contributed by atoms with Crippen LogP contribution in [0, 0.1) is 0 Å². The second kappa shape index (κ2) is 11.8. The van der Waals surface area contributed by atoms with Crippen LogP contribution >= 0.6 is 15.9 Å². The fraction of sp³-hybridized carbons (Fsp3) is 0.241. The van der Waals surface area contributed by atoms with Crippen molar-refractivity contribution in [3.8, 4) is 5.75 Å². The molecule has 0 aliphatic rings. The predicted octanol–water partition coefficient (Wildman–Crippen LogP) is 6.15. The van der Waals surface area contributed by atoms with Crippen molar-refractivity contribution in [2.45, 2.75) is 45.3 Å². The number of hydrogen-bond donors (Lipinski definition) is 2. The molecule has 0 saturated carbocycles. The third-order valence-electron chi connectivity index (χ3n) is 5.50. The molecule has 0 aliphatic carbocycles. The van der Waals surface area contributed by atoms with E-state index >= 15 is 0 Å². The summed E-state index contributed by atoms with van der Waals surface area (Å²) in [6.07, 6.45) is 3.16. The lowest BCUT2D eigenvalue weighted by Gasteiger charge is -2.19. The van der Waals surface area contributed by atoms with Gasteiger partial charge in [-0.15, -0.1) is 0 Å². The predicted molar refractivity (Wildman–Crippen MR) is 142 cm³/mol. The fourth-order valence-corrected chi connectivity index (χ4v) is 3.86. The zero-order chi connectivity index (χ0) is 25.4. The molecular formula is C29H30BrNO4. The lowest BCUT2D eigenvalue weighted by Crippen LogP contribution is -2.41. The smallest absolute Gasteiger partial charge is 0.326 e. The normalized spacial score (nSPS) is 12.3. The zero-order valence-electron chi connectivity index (χ0n) is 20.1. The van der Waals surface area contributed by atoms with Crippen molar-refractivity contribution in [2.75, 3.05) is 0 Å². The van der Waals surface area contributed by atoms with Crippen molar-refractivity contribution in [1.82, 2.24) is 5.32 Å². The number of ether oxygens (including phenoxy) is 1. The Hall–Kier alpha value is -3.38. The highest BCUT2D eigenvalue weighted by Crippen LogP contribution is 2.26. The van der Waals surface area contributed by atoms with Crippen molar-refractivity contribution >= 4 is 33.9 Å². The van der Waals surface area contributed by atoms with Gasteiger partial charge in [0.1, 0.15) is 18.4 Å². The third kappa shape index (κ3) is 8.11. The minimum absolute atomic E-state index is 0.0877. The van der Waals surface area contributed by atoms with Crippen LogP contribution in [0.3, 0.4) is 0 Å². The quantitative estimate of drug-likeness (QED) is 0.322. The molecule has 0 aromatic heterocycles. The summed E-state index contributed by atoms with van der Waals surface area (Å²) < 4.78 is 6.88. The molecule has 5 nitrogen and oxygen atoms in total. The lowest BCUT2D eigenvalue weighted by molar-refractivity contribution is -0.141. The molecule has 35 heavy (non-hydrogen) atoms. The fourth-order valence-electron chi connectivity index (χ4n) is 3.48. The van der Waals surface area contributed by atoms with Crippen molar-refractivity contribution in [2.24, 2.45) is 0 Å². The maximum absolute atomic E-state index is 12.5. The molecule has 3 aromatic carbocycles. The van der Waals surface area contributed by atoms with E-state index in [9.17, 15) is 14.7 Å². The summed E-state index contributed by atoms with van der Waals surface area (Å²) in [5.41, 5.74) is 3.92. The number of halogens is 1. The summed E-state index contributed by atoms with van der Waals surface area (Å²) >= 11 is 3.45. The Morgan fingerprint density at radius 3 is 2.31 bits per heavy atom. The number of carboxylic acids is 1. The first kappa shape index (κ1) is 26.2. The van der Waals surface area contributed by atoms with Crippen LogP contribution in [0.1, 0.15) is 43.0 Å². The van der Waals surface area contributed by atoms with E-state index in [4.69, 9.17) is 4.74 Å². The molecule has 1 amide bonds. The van der Waals surface area contributed by atoms with Crippen LogP contribution in [-0.4, -0.2) is 23.0 Å². The van der Waals surface area contributed by atoms with Gasteiger partial charge in [-0.05, 0) is 46.4 Å². The highest BCUT2D eigenvalue weighted by atomic mass is 79.9. The Kier molecular flexibility index (Phi) is 8.88. The number of amides is 1. The standard InChI is InChI=1S/C29H30BrNO4/c1-29(2,3)23-12-9-21(10-13-23)19-35-26-15-14-24(30)18-22(26)11-16-27(32)31-25(28(33)34)17-20-7-5-4-6-8-20/h4-16,18,25H,17,19H2,1-3H3,(H,31,32)(H,33,34)/b16-11+/t25-/m0/s1. The topological polar surface area (TPSA) is 75.6 Å². The van der Waals surface area contributed by atoms with E-state index in [2.05, 4.69) is 66.3 Å². The highest BCUT2D eigenvalue weighted by molar-refractivity contribution is 9.10. The molecule has 2 N–H and O–H groups in total. The van der Waals surface area contributed by atoms with Crippen LogP contribution in [-0.2, 0) is 28.0 Å². The van der Waals surface area contributed by atoms with E-state index < -0.39 is 17.9 Å². The molecular weight excluding hydrogens is 506 g/mol. The van der Waals surface area contributed by atoms with Crippen molar-refractivity contribution in [3.63, 3.8) is 0 Å². The minimum Gasteiger partial charge on any atom is -0.488 e. The first-order valence-electron chi connectivity index (χ1n) is 11.4. The molecule has 3 rings (SSSR count). The number of carboxylic acid groups (broad SMARTS) is 1. The van der Waals surface area contributed by atoms with Gasteiger partial charge in [0.2, 0.25) is 5.91 Å². The number of nitrogens with one attached hydrogen (secondary N) is 1.